The summed E-state index contributed by atoms with van der Waals surface area (Å²) < 4.78 is 5.22. The molecular weight excluding hydrogens is 572 g/mol. The van der Waals surface area contributed by atoms with Gasteiger partial charge in [0.2, 0.25) is 17.7 Å². The predicted octanol–water partition coefficient (Wildman–Crippen LogP) is 1.63. The molecule has 14 heteroatoms. The number of carbonyl (C=O) groups is 6. The fourth-order valence-electron chi connectivity index (χ4n) is 4.03. The molecule has 44 heavy (non-hydrogen) atoms. The Morgan fingerprint density at radius 2 is 1.48 bits per heavy atom. The number of primary amides is 1. The van der Waals surface area contributed by atoms with Gasteiger partial charge < -0.3 is 42.2 Å². The van der Waals surface area contributed by atoms with Crippen LogP contribution in [0.1, 0.15) is 72.8 Å². The molecule has 0 aliphatic heterocycles. The lowest BCUT2D eigenvalue weighted by Crippen LogP contribution is -2.58. The number of amides is 5. The number of carbonyl (C=O) groups excluding carboxylic acids is 5. The number of benzene rings is 1. The standard InChI is InChI=1S/C30H48N6O8/c1-17(2)25(36-27(40)23(33-19(5)6)13-14-24(37)38)28(41)35-22(8-7-15-32-30(31)43)26(39)34-21-11-9-20(10-12-21)16-44-29(42)18(3)4/h9-12,17-19,22-23,25,33H,7-8,13-16H2,1-6H3,(H,34,39)(H,35,41)(H,36,40)(H,37,38)(H3,31,32,43)/t22-,23+,25-/m0/s1. The molecule has 14 nitrogen and oxygen atoms in total. The van der Waals surface area contributed by atoms with E-state index in [1.54, 1.807) is 52.0 Å². The summed E-state index contributed by atoms with van der Waals surface area (Å²) in [7, 11) is 0. The maximum absolute atomic E-state index is 13.4. The molecule has 0 saturated heterocycles. The predicted molar refractivity (Wildman–Crippen MR) is 164 cm³/mol. The molecule has 1 rings (SSSR count). The van der Waals surface area contributed by atoms with Crippen LogP contribution in [-0.4, -0.2) is 71.5 Å². The normalized spacial score (nSPS) is 13.1. The van der Waals surface area contributed by atoms with E-state index < -0.39 is 47.8 Å². The van der Waals surface area contributed by atoms with Crippen LogP contribution in [0.5, 0.6) is 0 Å². The minimum absolute atomic E-state index is 0.0304. The molecule has 3 atom stereocenters. The maximum atomic E-state index is 13.4. The van der Waals surface area contributed by atoms with Crippen molar-refractivity contribution in [3.8, 4) is 0 Å². The molecule has 1 aromatic carbocycles. The smallest absolute Gasteiger partial charge is 0.312 e. The average molecular weight is 621 g/mol. The van der Waals surface area contributed by atoms with Gasteiger partial charge >= 0.3 is 18.0 Å². The number of rotatable bonds is 19. The van der Waals surface area contributed by atoms with Gasteiger partial charge in [-0.25, -0.2) is 4.79 Å². The van der Waals surface area contributed by atoms with E-state index in [1.165, 1.54) is 0 Å². The van der Waals surface area contributed by atoms with Crippen LogP contribution in [0.25, 0.3) is 0 Å². The number of urea groups is 1. The number of hydrogen-bond donors (Lipinski definition) is 7. The van der Waals surface area contributed by atoms with E-state index in [4.69, 9.17) is 15.6 Å². The summed E-state index contributed by atoms with van der Waals surface area (Å²) in [6.07, 6.45) is 0.260. The zero-order valence-electron chi connectivity index (χ0n) is 26.4. The first-order valence-electron chi connectivity index (χ1n) is 14.8. The number of ether oxygens (including phenoxy) is 1. The molecule has 8 N–H and O–H groups in total. The van der Waals surface area contributed by atoms with Gasteiger partial charge in [0.1, 0.15) is 18.7 Å². The SMILES string of the molecule is CC(C)N[C@H](CCC(=O)O)C(=O)N[C@H](C(=O)N[C@@H](CCCNC(N)=O)C(=O)Nc1ccc(COC(=O)C(C)C)cc1)C(C)C. The number of hydrogen-bond acceptors (Lipinski definition) is 8. The van der Waals surface area contributed by atoms with E-state index in [1.807, 2.05) is 13.8 Å². The fourth-order valence-corrected chi connectivity index (χ4v) is 4.03. The number of nitrogens with one attached hydrogen (secondary N) is 5. The minimum Gasteiger partial charge on any atom is -0.481 e. The Hall–Kier alpha value is -4.20. The first-order chi connectivity index (χ1) is 20.6. The maximum Gasteiger partial charge on any atom is 0.312 e. The molecular formula is C30H48N6O8. The van der Waals surface area contributed by atoms with Crippen molar-refractivity contribution in [2.24, 2.45) is 17.6 Å². The monoisotopic (exact) mass is 620 g/mol. The van der Waals surface area contributed by atoms with Gasteiger partial charge in [0.05, 0.1) is 12.0 Å². The van der Waals surface area contributed by atoms with Crippen LogP contribution in [0.4, 0.5) is 10.5 Å². The van der Waals surface area contributed by atoms with Gasteiger partial charge in [-0.1, -0.05) is 53.7 Å². The van der Waals surface area contributed by atoms with E-state index in [0.717, 1.165) is 5.56 Å². The van der Waals surface area contributed by atoms with Crippen molar-refractivity contribution in [2.45, 2.75) is 98.0 Å². The molecule has 1 aromatic rings. The first kappa shape index (κ1) is 37.8. The second-order valence-corrected chi connectivity index (χ2v) is 11.5. The summed E-state index contributed by atoms with van der Waals surface area (Å²) >= 11 is 0. The molecule has 0 bridgehead atoms. The van der Waals surface area contributed by atoms with Gasteiger partial charge in [-0.15, -0.1) is 0 Å². The number of aliphatic carboxylic acids is 1. The third-order valence-electron chi connectivity index (χ3n) is 6.42. The van der Waals surface area contributed by atoms with E-state index in [0.29, 0.717) is 12.1 Å². The molecule has 0 heterocycles. The van der Waals surface area contributed by atoms with E-state index >= 15 is 0 Å². The molecule has 0 fully saturated rings. The van der Waals surface area contributed by atoms with Gasteiger partial charge in [-0.05, 0) is 42.9 Å². The molecule has 0 spiro atoms. The highest BCUT2D eigenvalue weighted by atomic mass is 16.5. The van der Waals surface area contributed by atoms with E-state index in [2.05, 4.69) is 26.6 Å². The second kappa shape index (κ2) is 19.2. The Labute approximate surface area is 258 Å². The zero-order chi connectivity index (χ0) is 33.4. The van der Waals surface area contributed by atoms with Gasteiger partial charge in [0.15, 0.2) is 0 Å². The van der Waals surface area contributed by atoms with Crippen molar-refractivity contribution >= 4 is 41.4 Å². The summed E-state index contributed by atoms with van der Waals surface area (Å²) in [6.45, 7) is 10.8. The quantitative estimate of drug-likeness (QED) is 0.0882. The molecule has 0 aromatic heterocycles. The minimum atomic E-state index is -1.05. The number of nitrogens with two attached hydrogens (primary N) is 1. The molecule has 0 aliphatic carbocycles. The topological polar surface area (TPSA) is 218 Å². The Kier molecular flexibility index (Phi) is 16.5. The highest BCUT2D eigenvalue weighted by Gasteiger charge is 2.31. The largest absolute Gasteiger partial charge is 0.481 e. The van der Waals surface area contributed by atoms with Gasteiger partial charge in [-0.2, -0.15) is 0 Å². The third-order valence-corrected chi connectivity index (χ3v) is 6.42. The summed E-state index contributed by atoms with van der Waals surface area (Å²) in [5, 5.41) is 22.7. The molecule has 246 valence electrons. The molecule has 0 saturated carbocycles. The van der Waals surface area contributed by atoms with Crippen molar-refractivity contribution in [1.82, 2.24) is 21.3 Å². The second-order valence-electron chi connectivity index (χ2n) is 11.5. The molecule has 0 aliphatic rings. The van der Waals surface area contributed by atoms with Gasteiger partial charge in [0, 0.05) is 24.7 Å². The molecule has 0 unspecified atom stereocenters. The summed E-state index contributed by atoms with van der Waals surface area (Å²) in [5.74, 6) is -3.64. The first-order valence-corrected chi connectivity index (χ1v) is 14.8. The summed E-state index contributed by atoms with van der Waals surface area (Å²) in [5.41, 5.74) is 6.29. The van der Waals surface area contributed by atoms with Crippen molar-refractivity contribution in [3.63, 3.8) is 0 Å². The van der Waals surface area contributed by atoms with Crippen LogP contribution >= 0.6 is 0 Å². The molecule has 5 amide bonds. The lowest BCUT2D eigenvalue weighted by Gasteiger charge is -2.28. The number of carboxylic acid groups (broad SMARTS) is 1. The number of esters is 1. The van der Waals surface area contributed by atoms with Crippen molar-refractivity contribution < 1.29 is 38.6 Å². The zero-order valence-corrected chi connectivity index (χ0v) is 26.4. The highest BCUT2D eigenvalue weighted by Crippen LogP contribution is 2.13. The van der Waals surface area contributed by atoms with Crippen LogP contribution in [0.15, 0.2) is 24.3 Å². The average Bonchev–Trinajstić information content (AvgIpc) is 2.93. The van der Waals surface area contributed by atoms with Crippen LogP contribution < -0.4 is 32.3 Å². The van der Waals surface area contributed by atoms with E-state index in [9.17, 15) is 28.8 Å². The van der Waals surface area contributed by atoms with Crippen LogP contribution in [0.3, 0.4) is 0 Å². The van der Waals surface area contributed by atoms with Crippen molar-refractivity contribution in [1.29, 1.82) is 0 Å². The van der Waals surface area contributed by atoms with Crippen molar-refractivity contribution in [3.05, 3.63) is 29.8 Å². The summed E-state index contributed by atoms with van der Waals surface area (Å²) in [4.78, 5) is 73.7. The van der Waals surface area contributed by atoms with Gasteiger partial charge in [-0.3, -0.25) is 24.0 Å². The van der Waals surface area contributed by atoms with Crippen molar-refractivity contribution in [2.75, 3.05) is 11.9 Å². The Morgan fingerprint density at radius 3 is 2.00 bits per heavy atom. The van der Waals surface area contributed by atoms with Crippen LogP contribution in [0.2, 0.25) is 0 Å². The van der Waals surface area contributed by atoms with Gasteiger partial charge in [0.25, 0.3) is 0 Å². The van der Waals surface area contributed by atoms with Crippen LogP contribution in [-0.2, 0) is 35.3 Å². The molecule has 0 radical (unpaired) electrons. The third kappa shape index (κ3) is 14.8. The lowest BCUT2D eigenvalue weighted by molar-refractivity contribution is -0.148. The Morgan fingerprint density at radius 1 is 0.841 bits per heavy atom. The number of anilines is 1. The Bertz CT molecular complexity index is 1120. The Balaban J connectivity index is 3.02. The highest BCUT2D eigenvalue weighted by molar-refractivity contribution is 5.98. The van der Waals surface area contributed by atoms with Crippen LogP contribution in [0, 0.1) is 11.8 Å². The fraction of sp³-hybridized carbons (Fsp3) is 0.600. The number of carboxylic acids is 1. The lowest BCUT2D eigenvalue weighted by atomic mass is 10.0. The van der Waals surface area contributed by atoms with E-state index in [-0.39, 0.29) is 56.3 Å². The summed E-state index contributed by atoms with van der Waals surface area (Å²) in [6, 6.07) is 2.96.